The van der Waals surface area contributed by atoms with Gasteiger partial charge in [0.1, 0.15) is 0 Å². The van der Waals surface area contributed by atoms with Crippen molar-refractivity contribution < 1.29 is 0 Å². The number of rotatable bonds is 5. The molecule has 88 valence electrons. The molecule has 1 rings (SSSR count). The van der Waals surface area contributed by atoms with Crippen LogP contribution in [0.25, 0.3) is 0 Å². The highest BCUT2D eigenvalue weighted by Gasteiger charge is 2.05. The van der Waals surface area contributed by atoms with Gasteiger partial charge in [0.05, 0.1) is 6.04 Å². The van der Waals surface area contributed by atoms with Crippen LogP contribution in [0.15, 0.2) is 30.3 Å². The first-order valence-electron chi connectivity index (χ1n) is 5.83. The number of nitrogens with one attached hydrogen (secondary N) is 2. The third-order valence-electron chi connectivity index (χ3n) is 2.46. The predicted octanol–water partition coefficient (Wildman–Crippen LogP) is 3.01. The van der Waals surface area contributed by atoms with Crippen LogP contribution in [0.5, 0.6) is 0 Å². The Balaban J connectivity index is 2.34. The fraction of sp³-hybridized carbons (Fsp3) is 0.462. The highest BCUT2D eigenvalue weighted by atomic mass is 32.1. The molecular weight excluding hydrogens is 216 g/mol. The summed E-state index contributed by atoms with van der Waals surface area (Å²) in [7, 11) is 0. The number of hydrogen-bond acceptors (Lipinski definition) is 1. The van der Waals surface area contributed by atoms with Crippen molar-refractivity contribution in [2.24, 2.45) is 0 Å². The number of hydrogen-bond donors (Lipinski definition) is 2. The fourth-order valence-corrected chi connectivity index (χ4v) is 1.73. The summed E-state index contributed by atoms with van der Waals surface area (Å²) in [5.41, 5.74) is 1.25. The maximum atomic E-state index is 5.22. The monoisotopic (exact) mass is 236 g/mol. The zero-order valence-corrected chi connectivity index (χ0v) is 10.8. The Hall–Kier alpha value is -1.09. The van der Waals surface area contributed by atoms with Crippen LogP contribution in [0.4, 0.5) is 0 Å². The lowest BCUT2D eigenvalue weighted by molar-refractivity contribution is 0.683. The summed E-state index contributed by atoms with van der Waals surface area (Å²) < 4.78 is 0. The molecule has 0 amide bonds. The molecule has 0 aliphatic rings. The van der Waals surface area contributed by atoms with Crippen LogP contribution in [-0.2, 0) is 0 Å². The van der Waals surface area contributed by atoms with E-state index in [1.54, 1.807) is 0 Å². The van der Waals surface area contributed by atoms with E-state index in [4.69, 9.17) is 12.2 Å². The summed E-state index contributed by atoms with van der Waals surface area (Å²) in [4.78, 5) is 0. The van der Waals surface area contributed by atoms with Crippen LogP contribution in [0, 0.1) is 0 Å². The van der Waals surface area contributed by atoms with Gasteiger partial charge in [-0.25, -0.2) is 0 Å². The maximum absolute atomic E-state index is 5.22. The molecule has 0 saturated carbocycles. The van der Waals surface area contributed by atoms with E-state index in [1.807, 2.05) is 18.2 Å². The lowest BCUT2D eigenvalue weighted by Crippen LogP contribution is -2.37. The zero-order valence-electron chi connectivity index (χ0n) is 9.99. The molecule has 0 bridgehead atoms. The molecule has 16 heavy (non-hydrogen) atoms. The average molecular weight is 236 g/mol. The van der Waals surface area contributed by atoms with Gasteiger partial charge >= 0.3 is 0 Å². The third kappa shape index (κ3) is 4.62. The summed E-state index contributed by atoms with van der Waals surface area (Å²) in [6.07, 6.45) is 2.34. The van der Waals surface area contributed by atoms with Gasteiger partial charge in [-0.1, -0.05) is 43.7 Å². The topological polar surface area (TPSA) is 24.1 Å². The molecule has 2 N–H and O–H groups in total. The second kappa shape index (κ2) is 7.23. The molecule has 0 saturated heterocycles. The molecule has 0 heterocycles. The fourth-order valence-electron chi connectivity index (χ4n) is 1.45. The van der Waals surface area contributed by atoms with Crippen LogP contribution in [-0.4, -0.2) is 11.7 Å². The molecule has 1 atom stereocenters. The van der Waals surface area contributed by atoms with Gasteiger partial charge in [0.25, 0.3) is 0 Å². The molecule has 0 aliphatic carbocycles. The minimum Gasteiger partial charge on any atom is -0.363 e. The molecule has 0 aliphatic heterocycles. The summed E-state index contributed by atoms with van der Waals surface area (Å²) in [6.45, 7) is 5.23. The molecule has 0 radical (unpaired) electrons. The lowest BCUT2D eigenvalue weighted by Gasteiger charge is -2.17. The molecule has 0 spiro atoms. The van der Waals surface area contributed by atoms with Gasteiger partial charge < -0.3 is 10.6 Å². The minimum absolute atomic E-state index is 0.253. The standard InChI is InChI=1S/C13H20N2S/c1-3-4-10-14-13(16)15-11(2)12-8-6-5-7-9-12/h5-9,11H,3-4,10H2,1-2H3,(H2,14,15,16)/t11-/m1/s1. The van der Waals surface area contributed by atoms with Crippen LogP contribution in [0.2, 0.25) is 0 Å². The second-order valence-corrected chi connectivity index (χ2v) is 4.29. The van der Waals surface area contributed by atoms with Gasteiger partial charge in [-0.15, -0.1) is 0 Å². The van der Waals surface area contributed by atoms with Crippen molar-refractivity contribution >= 4 is 17.3 Å². The molecule has 1 aromatic carbocycles. The van der Waals surface area contributed by atoms with Crippen molar-refractivity contribution in [3.05, 3.63) is 35.9 Å². The van der Waals surface area contributed by atoms with Crippen molar-refractivity contribution in [1.29, 1.82) is 0 Å². The predicted molar refractivity (Wildman–Crippen MR) is 73.5 cm³/mol. The first kappa shape index (κ1) is 13.0. The first-order chi connectivity index (χ1) is 7.74. The van der Waals surface area contributed by atoms with Crippen molar-refractivity contribution in [2.75, 3.05) is 6.54 Å². The first-order valence-corrected chi connectivity index (χ1v) is 6.24. The van der Waals surface area contributed by atoms with Crippen molar-refractivity contribution in [3.8, 4) is 0 Å². The highest BCUT2D eigenvalue weighted by molar-refractivity contribution is 7.80. The van der Waals surface area contributed by atoms with Gasteiger partial charge in [-0.2, -0.15) is 0 Å². The van der Waals surface area contributed by atoms with Crippen LogP contribution < -0.4 is 10.6 Å². The molecule has 0 fully saturated rings. The number of unbranched alkanes of at least 4 members (excludes halogenated alkanes) is 1. The van der Waals surface area contributed by atoms with E-state index >= 15 is 0 Å². The Labute approximate surface area is 103 Å². The highest BCUT2D eigenvalue weighted by Crippen LogP contribution is 2.10. The smallest absolute Gasteiger partial charge is 0.166 e. The Morgan fingerprint density at radius 2 is 2.00 bits per heavy atom. The van der Waals surface area contributed by atoms with Crippen LogP contribution >= 0.6 is 12.2 Å². The van der Waals surface area contributed by atoms with E-state index in [1.165, 1.54) is 12.0 Å². The molecule has 1 aromatic rings. The van der Waals surface area contributed by atoms with Gasteiger partial charge in [0.15, 0.2) is 5.11 Å². The Kier molecular flexibility index (Phi) is 5.86. The number of benzene rings is 1. The lowest BCUT2D eigenvalue weighted by atomic mass is 10.1. The maximum Gasteiger partial charge on any atom is 0.166 e. The van der Waals surface area contributed by atoms with Gasteiger partial charge in [-0.3, -0.25) is 0 Å². The molecule has 2 nitrogen and oxygen atoms in total. The third-order valence-corrected chi connectivity index (χ3v) is 2.73. The largest absolute Gasteiger partial charge is 0.363 e. The average Bonchev–Trinajstić information content (AvgIpc) is 2.30. The van der Waals surface area contributed by atoms with E-state index in [-0.39, 0.29) is 6.04 Å². The summed E-state index contributed by atoms with van der Waals surface area (Å²) in [5.74, 6) is 0. The van der Waals surface area contributed by atoms with Crippen LogP contribution in [0.3, 0.4) is 0 Å². The SMILES string of the molecule is CCCCNC(=S)N[C@H](C)c1ccccc1. The molecule has 0 aromatic heterocycles. The normalized spacial score (nSPS) is 11.9. The summed E-state index contributed by atoms with van der Waals surface area (Å²) in [6, 6.07) is 10.6. The van der Waals surface area contributed by atoms with Crippen LogP contribution in [0.1, 0.15) is 38.3 Å². The quantitative estimate of drug-likeness (QED) is 0.607. The molecule has 3 heteroatoms. The minimum atomic E-state index is 0.253. The van der Waals surface area contributed by atoms with E-state index in [0.717, 1.165) is 18.1 Å². The van der Waals surface area contributed by atoms with E-state index in [2.05, 4.69) is 36.6 Å². The van der Waals surface area contributed by atoms with Crippen molar-refractivity contribution in [1.82, 2.24) is 10.6 Å². The van der Waals surface area contributed by atoms with Gasteiger partial charge in [0, 0.05) is 6.54 Å². The Bertz CT molecular complexity index is 311. The summed E-state index contributed by atoms with van der Waals surface area (Å²) in [5, 5.41) is 7.22. The van der Waals surface area contributed by atoms with Gasteiger partial charge in [0.2, 0.25) is 0 Å². The Morgan fingerprint density at radius 3 is 2.62 bits per heavy atom. The van der Waals surface area contributed by atoms with Crippen molar-refractivity contribution in [3.63, 3.8) is 0 Å². The number of thiocarbonyl (C=S) groups is 1. The molecule has 0 unspecified atom stereocenters. The Morgan fingerprint density at radius 1 is 1.31 bits per heavy atom. The van der Waals surface area contributed by atoms with Gasteiger partial charge in [-0.05, 0) is 31.1 Å². The second-order valence-electron chi connectivity index (χ2n) is 3.89. The van der Waals surface area contributed by atoms with E-state index in [0.29, 0.717) is 0 Å². The molecular formula is C13H20N2S. The zero-order chi connectivity index (χ0) is 11.8. The van der Waals surface area contributed by atoms with E-state index in [9.17, 15) is 0 Å². The summed E-state index contributed by atoms with van der Waals surface area (Å²) >= 11 is 5.22. The van der Waals surface area contributed by atoms with Crippen molar-refractivity contribution in [2.45, 2.75) is 32.7 Å². The van der Waals surface area contributed by atoms with E-state index < -0.39 is 0 Å².